The number of benzene rings is 4. The fourth-order valence-corrected chi connectivity index (χ4v) is 7.29. The molecule has 0 radical (unpaired) electrons. The summed E-state index contributed by atoms with van der Waals surface area (Å²) in [7, 11) is 1.91. The van der Waals surface area contributed by atoms with Crippen molar-refractivity contribution in [3.8, 4) is 16.3 Å². The molecule has 1 atom stereocenters. The summed E-state index contributed by atoms with van der Waals surface area (Å²) < 4.78 is 37.6. The molecule has 0 fully saturated rings. The summed E-state index contributed by atoms with van der Waals surface area (Å²) >= 11 is 14.2. The Morgan fingerprint density at radius 1 is 0.810 bits per heavy atom. The summed E-state index contributed by atoms with van der Waals surface area (Å²) in [5, 5.41) is 8.09. The number of imidazole rings is 1. The van der Waals surface area contributed by atoms with Gasteiger partial charge in [0.05, 0.1) is 82.6 Å². The van der Waals surface area contributed by atoms with E-state index in [-0.39, 0.29) is 12.0 Å². The van der Waals surface area contributed by atoms with Gasteiger partial charge in [0.1, 0.15) is 23.5 Å². The first-order valence-corrected chi connectivity index (χ1v) is 20.5. The molecule has 0 saturated carbocycles. The number of fused-ring (bicyclic) bond motifs is 1. The predicted molar refractivity (Wildman–Crippen MR) is 228 cm³/mol. The highest BCUT2D eigenvalue weighted by molar-refractivity contribution is 7.21. The van der Waals surface area contributed by atoms with Gasteiger partial charge in [0, 0.05) is 58.4 Å². The summed E-state index contributed by atoms with van der Waals surface area (Å²) in [5.74, 6) is 0.612. The molecule has 15 heteroatoms. The van der Waals surface area contributed by atoms with Gasteiger partial charge in [-0.3, -0.25) is 4.79 Å². The Bertz CT molecular complexity index is 2140. The normalized spacial score (nSPS) is 11.8. The van der Waals surface area contributed by atoms with Crippen molar-refractivity contribution >= 4 is 56.3 Å². The maximum absolute atomic E-state index is 12.6. The minimum Gasteiger partial charge on any atom is -0.491 e. The van der Waals surface area contributed by atoms with Crippen molar-refractivity contribution in [1.29, 1.82) is 0 Å². The highest BCUT2D eigenvalue weighted by Crippen LogP contribution is 2.33. The Kier molecular flexibility index (Phi) is 17.2. The maximum atomic E-state index is 12.6. The zero-order valence-electron chi connectivity index (χ0n) is 32.2. The molecule has 6 rings (SSSR count). The molecule has 12 nitrogen and oxygen atoms in total. The predicted octanol–water partition coefficient (Wildman–Crippen LogP) is 8.34. The molecule has 4 aromatic carbocycles. The summed E-state index contributed by atoms with van der Waals surface area (Å²) in [5.41, 5.74) is 5.41. The second-order valence-corrected chi connectivity index (χ2v) is 14.8. The van der Waals surface area contributed by atoms with Crippen molar-refractivity contribution in [3.05, 3.63) is 130 Å². The third kappa shape index (κ3) is 13.5. The lowest BCUT2D eigenvalue weighted by atomic mass is 10.1. The number of amides is 1. The van der Waals surface area contributed by atoms with Crippen LogP contribution in [0.25, 0.3) is 20.8 Å². The van der Waals surface area contributed by atoms with Crippen LogP contribution >= 0.6 is 34.5 Å². The lowest BCUT2D eigenvalue weighted by Gasteiger charge is -2.20. The van der Waals surface area contributed by atoms with E-state index in [0.29, 0.717) is 94.8 Å². The van der Waals surface area contributed by atoms with Crippen LogP contribution < -0.4 is 15.4 Å². The lowest BCUT2D eigenvalue weighted by Crippen LogP contribution is -2.27. The van der Waals surface area contributed by atoms with E-state index in [9.17, 15) is 4.79 Å². The molecule has 58 heavy (non-hydrogen) atoms. The van der Waals surface area contributed by atoms with E-state index < -0.39 is 0 Å². The van der Waals surface area contributed by atoms with Gasteiger partial charge < -0.3 is 43.6 Å². The Hall–Kier alpha value is -4.57. The molecule has 0 saturated heterocycles. The Morgan fingerprint density at radius 3 is 2.19 bits per heavy atom. The summed E-state index contributed by atoms with van der Waals surface area (Å²) in [4.78, 5) is 21.5. The molecule has 6 aromatic rings. The number of carbonyl (C=O) groups excluding carboxylic acids is 1. The van der Waals surface area contributed by atoms with Crippen LogP contribution in [-0.4, -0.2) is 93.5 Å². The number of aromatic nitrogens is 3. The van der Waals surface area contributed by atoms with Crippen molar-refractivity contribution < 1.29 is 33.2 Å². The minimum absolute atomic E-state index is 0.178. The van der Waals surface area contributed by atoms with Gasteiger partial charge in [-0.15, -0.1) is 11.3 Å². The average Bonchev–Trinajstić information content (AvgIpc) is 3.92. The number of thiazole rings is 1. The third-order valence-corrected chi connectivity index (χ3v) is 10.5. The summed E-state index contributed by atoms with van der Waals surface area (Å²) in [6.45, 7) is 5.20. The van der Waals surface area contributed by atoms with E-state index >= 15 is 0 Å². The third-order valence-electron chi connectivity index (χ3n) is 8.84. The zero-order chi connectivity index (χ0) is 40.4. The Labute approximate surface area is 352 Å². The highest BCUT2D eigenvalue weighted by Gasteiger charge is 2.17. The molecule has 306 valence electrons. The van der Waals surface area contributed by atoms with Crippen LogP contribution in [0.3, 0.4) is 0 Å². The van der Waals surface area contributed by atoms with Crippen molar-refractivity contribution in [3.63, 3.8) is 0 Å². The molecule has 0 aliphatic heterocycles. The molecule has 1 amide bonds. The second kappa shape index (κ2) is 23.1. The van der Waals surface area contributed by atoms with Gasteiger partial charge in [0.2, 0.25) is 0 Å². The van der Waals surface area contributed by atoms with Gasteiger partial charge in [-0.05, 0) is 72.3 Å². The zero-order valence-corrected chi connectivity index (χ0v) is 34.6. The number of nitrogens with one attached hydrogen (secondary N) is 2. The standard InChI is InChI=1S/C43H47Cl2N5O7S/c1-46-35-9-6-33(7-10-35)43-49-39-13-11-36(27-41(39)58-43)56-25-24-55-23-22-54-21-20-53-19-18-52-17-15-48-42(51)32-4-2-31(3-5-32)29-57-40(28-50-16-14-47-30-50)37-12-8-34(44)26-38(37)45/h2-14,16,26-27,30,40,46H,15,17-25,28-29H2,1H3,(H,48,51). The van der Waals surface area contributed by atoms with E-state index in [1.165, 1.54) is 0 Å². The maximum Gasteiger partial charge on any atom is 0.251 e. The number of ether oxygens (including phenoxy) is 6. The van der Waals surface area contributed by atoms with Gasteiger partial charge in [-0.25, -0.2) is 9.97 Å². The van der Waals surface area contributed by atoms with Crippen molar-refractivity contribution in [2.75, 3.05) is 78.4 Å². The monoisotopic (exact) mass is 847 g/mol. The molecule has 2 heterocycles. The van der Waals surface area contributed by atoms with E-state index in [0.717, 1.165) is 43.4 Å². The van der Waals surface area contributed by atoms with Crippen LogP contribution in [0.2, 0.25) is 10.0 Å². The van der Waals surface area contributed by atoms with Gasteiger partial charge >= 0.3 is 0 Å². The van der Waals surface area contributed by atoms with Gasteiger partial charge in [-0.2, -0.15) is 0 Å². The SMILES string of the molecule is CNc1ccc(-c2nc3ccc(OCCOCCOCCOCCOCCNC(=O)c4ccc(COC(Cn5ccnc5)c5ccc(Cl)cc5Cl)cc4)cc3s2)cc1. The van der Waals surface area contributed by atoms with Gasteiger partial charge in [0.25, 0.3) is 5.91 Å². The highest BCUT2D eigenvalue weighted by atomic mass is 35.5. The van der Waals surface area contributed by atoms with Crippen LogP contribution in [0.5, 0.6) is 5.75 Å². The quantitative estimate of drug-likeness (QED) is 0.0543. The minimum atomic E-state index is -0.329. The lowest BCUT2D eigenvalue weighted by molar-refractivity contribution is -0.00421. The van der Waals surface area contributed by atoms with Crippen LogP contribution in [0.1, 0.15) is 27.6 Å². The van der Waals surface area contributed by atoms with Crippen LogP contribution in [0.4, 0.5) is 5.69 Å². The fourth-order valence-electron chi connectivity index (χ4n) is 5.76. The van der Waals surface area contributed by atoms with Crippen molar-refractivity contribution in [2.45, 2.75) is 19.3 Å². The molecular formula is C43H47Cl2N5O7S. The van der Waals surface area contributed by atoms with Gasteiger partial charge in [0.15, 0.2) is 0 Å². The van der Waals surface area contributed by atoms with Crippen LogP contribution in [-0.2, 0) is 36.8 Å². The Balaban J connectivity index is 0.752. The van der Waals surface area contributed by atoms with E-state index in [1.54, 1.807) is 48.1 Å². The first-order chi connectivity index (χ1) is 28.4. The van der Waals surface area contributed by atoms with E-state index in [4.69, 9.17) is 56.6 Å². The number of hydrogen-bond donors (Lipinski definition) is 2. The second-order valence-electron chi connectivity index (χ2n) is 13.0. The van der Waals surface area contributed by atoms with Gasteiger partial charge in [-0.1, -0.05) is 41.4 Å². The molecule has 2 aromatic heterocycles. The number of rotatable bonds is 25. The summed E-state index contributed by atoms with van der Waals surface area (Å²) in [6.07, 6.45) is 4.99. The Morgan fingerprint density at radius 2 is 1.52 bits per heavy atom. The van der Waals surface area contributed by atoms with Crippen molar-refractivity contribution in [1.82, 2.24) is 19.9 Å². The molecule has 0 aliphatic carbocycles. The number of anilines is 1. The van der Waals surface area contributed by atoms with E-state index in [2.05, 4.69) is 27.8 Å². The van der Waals surface area contributed by atoms with Crippen molar-refractivity contribution in [2.24, 2.45) is 0 Å². The smallest absolute Gasteiger partial charge is 0.251 e. The van der Waals surface area contributed by atoms with E-state index in [1.807, 2.05) is 66.3 Å². The first-order valence-electron chi connectivity index (χ1n) is 19.0. The molecule has 0 aliphatic rings. The van der Waals surface area contributed by atoms with Crippen LogP contribution in [0, 0.1) is 0 Å². The molecular weight excluding hydrogens is 801 g/mol. The molecule has 1 unspecified atom stereocenters. The number of halogens is 2. The largest absolute Gasteiger partial charge is 0.491 e. The molecule has 0 bridgehead atoms. The first kappa shape index (κ1) is 43.0. The molecule has 2 N–H and O–H groups in total. The number of nitrogens with zero attached hydrogens (tertiary/aromatic N) is 3. The number of hydrogen-bond acceptors (Lipinski definition) is 11. The average molecular weight is 849 g/mol. The number of carbonyl (C=O) groups is 1. The fraction of sp³-hybridized carbons (Fsp3) is 0.326. The van der Waals surface area contributed by atoms with Crippen LogP contribution in [0.15, 0.2) is 104 Å². The topological polar surface area (TPSA) is 127 Å². The summed E-state index contributed by atoms with van der Waals surface area (Å²) in [6, 6.07) is 26.8. The molecule has 0 spiro atoms.